The Hall–Kier alpha value is -0.0800. The molecular formula is C14H30N2. The minimum atomic E-state index is 0.861. The van der Waals surface area contributed by atoms with Gasteiger partial charge in [0.1, 0.15) is 0 Å². The monoisotopic (exact) mass is 226 g/mol. The SMILES string of the molecule is CC(C)C1CCN(CCCCCCN)CC1. The lowest BCUT2D eigenvalue weighted by Crippen LogP contribution is -2.35. The van der Waals surface area contributed by atoms with Crippen LogP contribution in [0.5, 0.6) is 0 Å². The number of piperidine rings is 1. The molecule has 16 heavy (non-hydrogen) atoms. The summed E-state index contributed by atoms with van der Waals surface area (Å²) < 4.78 is 0. The number of unbranched alkanes of at least 4 members (excludes halogenated alkanes) is 3. The highest BCUT2D eigenvalue weighted by molar-refractivity contribution is 4.74. The van der Waals surface area contributed by atoms with Crippen molar-refractivity contribution in [3.05, 3.63) is 0 Å². The molecule has 0 aromatic carbocycles. The summed E-state index contributed by atoms with van der Waals surface area (Å²) in [5.74, 6) is 1.86. The number of nitrogens with zero attached hydrogens (tertiary/aromatic N) is 1. The van der Waals surface area contributed by atoms with Gasteiger partial charge in [0.2, 0.25) is 0 Å². The summed E-state index contributed by atoms with van der Waals surface area (Å²) in [7, 11) is 0. The summed E-state index contributed by atoms with van der Waals surface area (Å²) in [6, 6.07) is 0. The molecule has 2 N–H and O–H groups in total. The first-order chi connectivity index (χ1) is 7.74. The summed E-state index contributed by atoms with van der Waals surface area (Å²) in [5, 5.41) is 0. The number of hydrogen-bond acceptors (Lipinski definition) is 2. The van der Waals surface area contributed by atoms with E-state index >= 15 is 0 Å². The van der Waals surface area contributed by atoms with Crippen LogP contribution in [-0.4, -0.2) is 31.1 Å². The molecule has 2 heteroatoms. The standard InChI is InChI=1S/C14H30N2/c1-13(2)14-7-11-16(12-8-14)10-6-4-3-5-9-15/h13-14H,3-12,15H2,1-2H3. The van der Waals surface area contributed by atoms with Crippen molar-refractivity contribution in [1.29, 1.82) is 0 Å². The lowest BCUT2D eigenvalue weighted by molar-refractivity contribution is 0.155. The van der Waals surface area contributed by atoms with E-state index in [9.17, 15) is 0 Å². The average molecular weight is 226 g/mol. The molecule has 0 aromatic heterocycles. The lowest BCUT2D eigenvalue weighted by atomic mass is 9.87. The van der Waals surface area contributed by atoms with Crippen molar-refractivity contribution in [3.8, 4) is 0 Å². The summed E-state index contributed by atoms with van der Waals surface area (Å²) in [5.41, 5.74) is 5.49. The summed E-state index contributed by atoms with van der Waals surface area (Å²) in [4.78, 5) is 2.65. The van der Waals surface area contributed by atoms with Gasteiger partial charge in [-0.3, -0.25) is 0 Å². The molecule has 0 aromatic rings. The molecular weight excluding hydrogens is 196 g/mol. The Bertz CT molecular complexity index is 160. The van der Waals surface area contributed by atoms with Crippen molar-refractivity contribution < 1.29 is 0 Å². The highest BCUT2D eigenvalue weighted by Crippen LogP contribution is 2.24. The van der Waals surface area contributed by atoms with Crippen LogP contribution in [0.25, 0.3) is 0 Å². The van der Waals surface area contributed by atoms with Gasteiger partial charge in [0.15, 0.2) is 0 Å². The average Bonchev–Trinajstić information content (AvgIpc) is 2.29. The fourth-order valence-electron chi connectivity index (χ4n) is 2.68. The Morgan fingerprint density at radius 2 is 1.69 bits per heavy atom. The van der Waals surface area contributed by atoms with Gasteiger partial charge in [0, 0.05) is 0 Å². The normalized spacial score (nSPS) is 19.5. The van der Waals surface area contributed by atoms with E-state index in [4.69, 9.17) is 5.73 Å². The quantitative estimate of drug-likeness (QED) is 0.676. The molecule has 1 aliphatic rings. The zero-order valence-electron chi connectivity index (χ0n) is 11.3. The van der Waals surface area contributed by atoms with Gasteiger partial charge < -0.3 is 10.6 Å². The van der Waals surface area contributed by atoms with E-state index in [0.29, 0.717) is 0 Å². The molecule has 0 bridgehead atoms. The fraction of sp³-hybridized carbons (Fsp3) is 1.00. The molecule has 0 spiro atoms. The second-order valence-electron chi connectivity index (χ2n) is 5.63. The first kappa shape index (κ1) is 14.0. The molecule has 0 radical (unpaired) electrons. The number of likely N-dealkylation sites (tertiary alicyclic amines) is 1. The van der Waals surface area contributed by atoms with Crippen LogP contribution in [0.1, 0.15) is 52.4 Å². The van der Waals surface area contributed by atoms with Crippen molar-refractivity contribution in [3.63, 3.8) is 0 Å². The number of hydrogen-bond donors (Lipinski definition) is 1. The van der Waals surface area contributed by atoms with Crippen molar-refractivity contribution in [1.82, 2.24) is 4.90 Å². The third-order valence-corrected chi connectivity index (χ3v) is 4.00. The van der Waals surface area contributed by atoms with Gasteiger partial charge in [-0.05, 0) is 63.7 Å². The first-order valence-electron chi connectivity index (χ1n) is 7.16. The van der Waals surface area contributed by atoms with E-state index in [0.717, 1.165) is 18.4 Å². The van der Waals surface area contributed by atoms with Gasteiger partial charge in [-0.2, -0.15) is 0 Å². The topological polar surface area (TPSA) is 29.3 Å². The molecule has 0 aliphatic carbocycles. The van der Waals surface area contributed by atoms with Crippen LogP contribution in [0.15, 0.2) is 0 Å². The van der Waals surface area contributed by atoms with Gasteiger partial charge >= 0.3 is 0 Å². The molecule has 0 saturated carbocycles. The van der Waals surface area contributed by atoms with Crippen LogP contribution in [0.3, 0.4) is 0 Å². The van der Waals surface area contributed by atoms with E-state index in [1.54, 1.807) is 0 Å². The second-order valence-corrected chi connectivity index (χ2v) is 5.63. The van der Waals surface area contributed by atoms with Crippen LogP contribution in [0.4, 0.5) is 0 Å². The highest BCUT2D eigenvalue weighted by Gasteiger charge is 2.20. The Kier molecular flexibility index (Phi) is 7.06. The van der Waals surface area contributed by atoms with E-state index in [1.165, 1.54) is 58.2 Å². The molecule has 0 atom stereocenters. The summed E-state index contributed by atoms with van der Waals surface area (Å²) >= 11 is 0. The third kappa shape index (κ3) is 5.31. The Morgan fingerprint density at radius 1 is 1.06 bits per heavy atom. The predicted molar refractivity (Wildman–Crippen MR) is 71.5 cm³/mol. The maximum atomic E-state index is 5.49. The van der Waals surface area contributed by atoms with E-state index < -0.39 is 0 Å². The second kappa shape index (κ2) is 8.08. The molecule has 96 valence electrons. The van der Waals surface area contributed by atoms with Gasteiger partial charge in [-0.25, -0.2) is 0 Å². The molecule has 0 unspecified atom stereocenters. The third-order valence-electron chi connectivity index (χ3n) is 4.00. The van der Waals surface area contributed by atoms with Crippen LogP contribution in [-0.2, 0) is 0 Å². The molecule has 1 aliphatic heterocycles. The van der Waals surface area contributed by atoms with Crippen LogP contribution < -0.4 is 5.73 Å². The fourth-order valence-corrected chi connectivity index (χ4v) is 2.68. The highest BCUT2D eigenvalue weighted by atomic mass is 15.1. The van der Waals surface area contributed by atoms with Gasteiger partial charge in [-0.15, -0.1) is 0 Å². The van der Waals surface area contributed by atoms with Gasteiger partial charge in [0.05, 0.1) is 0 Å². The Labute approximate surface area is 102 Å². The maximum absolute atomic E-state index is 5.49. The summed E-state index contributed by atoms with van der Waals surface area (Å²) in [6.45, 7) is 9.58. The van der Waals surface area contributed by atoms with Crippen molar-refractivity contribution in [2.24, 2.45) is 17.6 Å². The Balaban J connectivity index is 1.99. The van der Waals surface area contributed by atoms with Crippen molar-refractivity contribution in [2.75, 3.05) is 26.2 Å². The molecule has 1 heterocycles. The number of rotatable bonds is 7. The number of nitrogens with two attached hydrogens (primary N) is 1. The molecule has 1 rings (SSSR count). The lowest BCUT2D eigenvalue weighted by Gasteiger charge is -2.33. The minimum Gasteiger partial charge on any atom is -0.330 e. The smallest absolute Gasteiger partial charge is 0.00160 e. The minimum absolute atomic E-state index is 0.861. The van der Waals surface area contributed by atoms with E-state index in [2.05, 4.69) is 18.7 Å². The first-order valence-corrected chi connectivity index (χ1v) is 7.16. The predicted octanol–water partition coefficient (Wildman–Crippen LogP) is 2.87. The molecule has 1 fully saturated rings. The summed E-state index contributed by atoms with van der Waals surface area (Å²) in [6.07, 6.45) is 8.09. The van der Waals surface area contributed by atoms with Gasteiger partial charge in [-0.1, -0.05) is 26.7 Å². The Morgan fingerprint density at radius 3 is 2.25 bits per heavy atom. The van der Waals surface area contributed by atoms with E-state index in [1.807, 2.05) is 0 Å². The van der Waals surface area contributed by atoms with E-state index in [-0.39, 0.29) is 0 Å². The zero-order chi connectivity index (χ0) is 11.8. The molecule has 0 amide bonds. The molecule has 1 saturated heterocycles. The van der Waals surface area contributed by atoms with Crippen molar-refractivity contribution in [2.45, 2.75) is 52.4 Å². The largest absolute Gasteiger partial charge is 0.330 e. The zero-order valence-corrected chi connectivity index (χ0v) is 11.3. The van der Waals surface area contributed by atoms with Crippen molar-refractivity contribution >= 4 is 0 Å². The van der Waals surface area contributed by atoms with Crippen LogP contribution in [0, 0.1) is 11.8 Å². The molecule has 2 nitrogen and oxygen atoms in total. The van der Waals surface area contributed by atoms with Crippen LogP contribution in [0.2, 0.25) is 0 Å². The van der Waals surface area contributed by atoms with Crippen LogP contribution >= 0.6 is 0 Å². The van der Waals surface area contributed by atoms with Gasteiger partial charge in [0.25, 0.3) is 0 Å². The maximum Gasteiger partial charge on any atom is -0.00160 e.